The van der Waals surface area contributed by atoms with Crippen LogP contribution >= 0.6 is 0 Å². The largest absolute Gasteiger partial charge is 0.507 e. The number of likely N-dealkylation sites (tertiary alicyclic amines) is 1. The van der Waals surface area contributed by atoms with Gasteiger partial charge in [0.15, 0.2) is 0 Å². The molecule has 1 aliphatic heterocycles. The van der Waals surface area contributed by atoms with E-state index < -0.39 is 17.7 Å². The van der Waals surface area contributed by atoms with Crippen LogP contribution < -0.4 is 4.74 Å². The third kappa shape index (κ3) is 3.70. The number of hydrogen-bond acceptors (Lipinski definition) is 6. The lowest BCUT2D eigenvalue weighted by Crippen LogP contribution is -2.35. The van der Waals surface area contributed by atoms with Crippen molar-refractivity contribution < 1.29 is 19.4 Å². The van der Waals surface area contributed by atoms with Gasteiger partial charge in [0, 0.05) is 25.8 Å². The third-order valence-corrected chi connectivity index (χ3v) is 5.51. The number of nitrogens with zero attached hydrogens (tertiary/aromatic N) is 4. The Bertz CT molecular complexity index is 1000. The molecule has 2 heterocycles. The molecule has 1 atom stereocenters. The molecule has 1 aliphatic rings. The van der Waals surface area contributed by atoms with Crippen molar-refractivity contribution in [1.29, 1.82) is 0 Å². The van der Waals surface area contributed by atoms with Crippen molar-refractivity contribution in [2.75, 3.05) is 34.3 Å². The zero-order valence-electron chi connectivity index (χ0n) is 18.3. The summed E-state index contributed by atoms with van der Waals surface area (Å²) in [6.07, 6.45) is 0. The first-order chi connectivity index (χ1) is 14.2. The molecule has 3 rings (SSSR count). The second-order valence-electron chi connectivity index (χ2n) is 7.74. The van der Waals surface area contributed by atoms with Crippen molar-refractivity contribution in [2.24, 2.45) is 7.05 Å². The van der Waals surface area contributed by atoms with E-state index in [4.69, 9.17) is 4.74 Å². The Labute approximate surface area is 176 Å². The summed E-state index contributed by atoms with van der Waals surface area (Å²) in [7, 11) is 7.16. The van der Waals surface area contributed by atoms with E-state index in [9.17, 15) is 14.7 Å². The summed E-state index contributed by atoms with van der Waals surface area (Å²) in [5.41, 5.74) is 2.62. The van der Waals surface area contributed by atoms with E-state index in [-0.39, 0.29) is 11.3 Å². The molecule has 1 aromatic heterocycles. The first kappa shape index (κ1) is 21.6. The molecule has 1 amide bonds. The number of ketones is 1. The highest BCUT2D eigenvalue weighted by molar-refractivity contribution is 6.46. The Balaban J connectivity index is 2.19. The smallest absolute Gasteiger partial charge is 0.295 e. The lowest BCUT2D eigenvalue weighted by molar-refractivity contribution is -0.140. The van der Waals surface area contributed by atoms with E-state index in [1.54, 1.807) is 37.9 Å². The molecular weight excluding hydrogens is 384 g/mol. The summed E-state index contributed by atoms with van der Waals surface area (Å²) in [6, 6.07) is 6.50. The fourth-order valence-corrected chi connectivity index (χ4v) is 3.80. The monoisotopic (exact) mass is 412 g/mol. The number of ether oxygens (including phenoxy) is 1. The molecule has 0 saturated carbocycles. The van der Waals surface area contributed by atoms with Gasteiger partial charge in [0.05, 0.1) is 30.0 Å². The molecule has 0 radical (unpaired) electrons. The average Bonchev–Trinajstić information content (AvgIpc) is 3.11. The molecule has 1 fully saturated rings. The topological polar surface area (TPSA) is 87.9 Å². The molecule has 1 aromatic carbocycles. The van der Waals surface area contributed by atoms with Gasteiger partial charge in [-0.05, 0) is 45.6 Å². The maximum Gasteiger partial charge on any atom is 0.295 e. The highest BCUT2D eigenvalue weighted by Crippen LogP contribution is 2.40. The van der Waals surface area contributed by atoms with Crippen LogP contribution in [0, 0.1) is 13.8 Å². The van der Waals surface area contributed by atoms with Gasteiger partial charge in [-0.25, -0.2) is 0 Å². The summed E-state index contributed by atoms with van der Waals surface area (Å²) in [5, 5.41) is 15.5. The van der Waals surface area contributed by atoms with Crippen LogP contribution in [0.4, 0.5) is 0 Å². The van der Waals surface area contributed by atoms with Crippen molar-refractivity contribution in [1.82, 2.24) is 19.6 Å². The van der Waals surface area contributed by atoms with Gasteiger partial charge in [-0.2, -0.15) is 5.10 Å². The highest BCUT2D eigenvalue weighted by atomic mass is 16.5. The number of Topliss-reactive ketones (excluding diaryl/α,β-unsaturated/α-hetero) is 1. The minimum atomic E-state index is -0.685. The lowest BCUT2D eigenvalue weighted by atomic mass is 9.94. The molecule has 0 spiro atoms. The van der Waals surface area contributed by atoms with E-state index in [0.717, 1.165) is 11.3 Å². The van der Waals surface area contributed by atoms with Crippen molar-refractivity contribution in [3.8, 4) is 5.75 Å². The minimum Gasteiger partial charge on any atom is -0.507 e. The molecule has 0 bridgehead atoms. The number of rotatable bonds is 6. The number of methoxy groups -OCH3 is 1. The summed E-state index contributed by atoms with van der Waals surface area (Å²) >= 11 is 0. The van der Waals surface area contributed by atoms with Gasteiger partial charge in [0.25, 0.3) is 11.7 Å². The van der Waals surface area contributed by atoms with Crippen LogP contribution in [-0.4, -0.2) is 70.7 Å². The number of aliphatic hydroxyl groups is 1. The van der Waals surface area contributed by atoms with Gasteiger partial charge in [-0.3, -0.25) is 14.3 Å². The maximum atomic E-state index is 13.0. The Hall–Kier alpha value is -3.13. The summed E-state index contributed by atoms with van der Waals surface area (Å²) in [4.78, 5) is 29.4. The number of benzene rings is 1. The van der Waals surface area contributed by atoms with E-state index in [1.807, 2.05) is 38.1 Å². The van der Waals surface area contributed by atoms with E-state index in [1.165, 1.54) is 4.90 Å². The molecule has 8 heteroatoms. The van der Waals surface area contributed by atoms with Crippen LogP contribution in [-0.2, 0) is 16.6 Å². The van der Waals surface area contributed by atoms with Gasteiger partial charge in [-0.15, -0.1) is 0 Å². The molecule has 0 unspecified atom stereocenters. The van der Waals surface area contributed by atoms with Gasteiger partial charge in [-0.1, -0.05) is 12.1 Å². The number of aryl methyl sites for hydroxylation is 2. The Morgan fingerprint density at radius 3 is 2.33 bits per heavy atom. The number of aromatic nitrogens is 2. The predicted octanol–water partition coefficient (Wildman–Crippen LogP) is 2.03. The first-order valence-electron chi connectivity index (χ1n) is 9.75. The van der Waals surface area contributed by atoms with Gasteiger partial charge >= 0.3 is 0 Å². The van der Waals surface area contributed by atoms with Crippen molar-refractivity contribution in [2.45, 2.75) is 19.9 Å². The van der Waals surface area contributed by atoms with Crippen LogP contribution in [0.3, 0.4) is 0 Å². The summed E-state index contributed by atoms with van der Waals surface area (Å²) in [5.74, 6) is -0.819. The summed E-state index contributed by atoms with van der Waals surface area (Å²) < 4.78 is 6.88. The molecular formula is C22H28N4O4. The first-order valence-corrected chi connectivity index (χ1v) is 9.75. The quantitative estimate of drug-likeness (QED) is 0.444. The fraction of sp³-hybridized carbons (Fsp3) is 0.409. The standard InChI is InChI=1S/C22H28N4O4/c1-13-17(14(2)25(5)23-13)20(27)18-19(15-7-9-16(30-6)10-8-15)26(12-11-24(3)4)22(29)21(18)28/h7-10,19,27H,11-12H2,1-6H3/b20-18+/t19-/m1/s1. The summed E-state index contributed by atoms with van der Waals surface area (Å²) in [6.45, 7) is 4.53. The van der Waals surface area contributed by atoms with Gasteiger partial charge in [0.1, 0.15) is 11.5 Å². The predicted molar refractivity (Wildman–Crippen MR) is 113 cm³/mol. The molecule has 1 saturated heterocycles. The second kappa shape index (κ2) is 8.31. The van der Waals surface area contributed by atoms with Crippen LogP contribution in [0.25, 0.3) is 5.76 Å². The normalized spacial score (nSPS) is 18.5. The van der Waals surface area contributed by atoms with Crippen LogP contribution in [0.5, 0.6) is 5.75 Å². The number of hydrogen-bond donors (Lipinski definition) is 1. The highest BCUT2D eigenvalue weighted by Gasteiger charge is 2.46. The molecule has 160 valence electrons. The van der Waals surface area contributed by atoms with Gasteiger partial charge < -0.3 is 19.6 Å². The van der Waals surface area contributed by atoms with Crippen molar-refractivity contribution >= 4 is 17.4 Å². The fourth-order valence-electron chi connectivity index (χ4n) is 3.80. The number of likely N-dealkylation sites (N-methyl/N-ethyl adjacent to an activating group) is 1. The van der Waals surface area contributed by atoms with Crippen LogP contribution in [0.15, 0.2) is 29.8 Å². The van der Waals surface area contributed by atoms with Gasteiger partial charge in [0.2, 0.25) is 0 Å². The lowest BCUT2D eigenvalue weighted by Gasteiger charge is -2.26. The molecule has 30 heavy (non-hydrogen) atoms. The van der Waals surface area contributed by atoms with E-state index >= 15 is 0 Å². The molecule has 1 N–H and O–H groups in total. The number of carbonyl (C=O) groups excluding carboxylic acids is 2. The molecule has 2 aromatic rings. The van der Waals surface area contributed by atoms with Crippen molar-refractivity contribution in [3.63, 3.8) is 0 Å². The zero-order chi connectivity index (χ0) is 22.2. The number of aliphatic hydroxyl groups excluding tert-OH is 1. The Morgan fingerprint density at radius 2 is 1.83 bits per heavy atom. The maximum absolute atomic E-state index is 13.0. The van der Waals surface area contributed by atoms with E-state index in [2.05, 4.69) is 5.10 Å². The third-order valence-electron chi connectivity index (χ3n) is 5.51. The average molecular weight is 412 g/mol. The van der Waals surface area contributed by atoms with E-state index in [0.29, 0.717) is 30.1 Å². The number of amides is 1. The molecule has 0 aliphatic carbocycles. The van der Waals surface area contributed by atoms with Crippen LogP contribution in [0.2, 0.25) is 0 Å². The minimum absolute atomic E-state index is 0.0862. The zero-order valence-corrected chi connectivity index (χ0v) is 18.3. The Kier molecular flexibility index (Phi) is 5.98. The Morgan fingerprint density at radius 1 is 1.20 bits per heavy atom. The van der Waals surface area contributed by atoms with Crippen LogP contribution in [0.1, 0.15) is 28.6 Å². The number of carbonyl (C=O) groups is 2. The second-order valence-corrected chi connectivity index (χ2v) is 7.74. The molecule has 8 nitrogen and oxygen atoms in total. The van der Waals surface area contributed by atoms with Crippen molar-refractivity contribution in [3.05, 3.63) is 52.4 Å². The SMILES string of the molecule is COc1ccc([C@@H]2/C(=C(\O)c3c(C)nn(C)c3C)C(=O)C(=O)N2CCN(C)C)cc1.